The third kappa shape index (κ3) is 3.61. The first-order valence-corrected chi connectivity index (χ1v) is 8.22. The van der Waals surface area contributed by atoms with Crippen molar-refractivity contribution in [3.05, 3.63) is 59.0 Å². The molecule has 5 nitrogen and oxygen atoms in total. The zero-order valence-electron chi connectivity index (χ0n) is 14.2. The fourth-order valence-electron chi connectivity index (χ4n) is 2.58. The average Bonchev–Trinajstić information content (AvgIpc) is 3.09. The highest BCUT2D eigenvalue weighted by Gasteiger charge is 2.39. The van der Waals surface area contributed by atoms with Crippen LogP contribution in [0.25, 0.3) is 5.57 Å². The number of allylic oxidation sites excluding steroid dienone is 1. The number of amides is 2. The van der Waals surface area contributed by atoms with Gasteiger partial charge in [0.25, 0.3) is 5.91 Å². The molecule has 2 amide bonds. The number of imide groups is 1. The summed E-state index contributed by atoms with van der Waals surface area (Å²) in [6.07, 6.45) is 4.77. The van der Waals surface area contributed by atoms with E-state index >= 15 is 0 Å². The van der Waals surface area contributed by atoms with Gasteiger partial charge in [-0.15, -0.1) is 0 Å². The van der Waals surface area contributed by atoms with Crippen LogP contribution in [0.1, 0.15) is 31.9 Å². The molecule has 1 aromatic heterocycles. The Morgan fingerprint density at radius 3 is 2.72 bits per heavy atom. The molecule has 0 N–H and O–H groups in total. The number of carbonyl (C=O) groups is 2. The highest BCUT2D eigenvalue weighted by molar-refractivity contribution is 6.40. The molecule has 0 bridgehead atoms. The molecule has 1 aliphatic heterocycles. The molecular formula is C19H18ClNO4. The van der Waals surface area contributed by atoms with Crippen LogP contribution in [0.3, 0.4) is 0 Å². The van der Waals surface area contributed by atoms with E-state index in [-0.39, 0.29) is 0 Å². The molecule has 0 atom stereocenters. The maximum Gasteiger partial charge on any atom is 0.422 e. The standard InChI is InChI=1S/C19H18ClNO4/c1-19(2,3)25-18(23)21-16-10-13(20)5-7-14(16)15(17(21)22)6-4-12-8-9-24-11-12/h5-11H,4H2,1-3H3/b15-6+. The Balaban J connectivity index is 1.99. The number of rotatable bonds is 2. The largest absolute Gasteiger partial charge is 0.472 e. The van der Waals surface area contributed by atoms with Crippen molar-refractivity contribution in [1.82, 2.24) is 0 Å². The maximum absolute atomic E-state index is 12.9. The number of ether oxygens (including phenoxy) is 1. The summed E-state index contributed by atoms with van der Waals surface area (Å²) in [4.78, 5) is 26.4. The molecule has 1 aromatic carbocycles. The molecule has 1 aliphatic rings. The first kappa shape index (κ1) is 17.3. The Hall–Kier alpha value is -2.53. The van der Waals surface area contributed by atoms with Crippen molar-refractivity contribution in [2.24, 2.45) is 0 Å². The number of benzene rings is 1. The van der Waals surface area contributed by atoms with E-state index in [9.17, 15) is 9.59 Å². The van der Waals surface area contributed by atoms with E-state index < -0.39 is 17.6 Å². The zero-order chi connectivity index (χ0) is 18.2. The van der Waals surface area contributed by atoms with Crippen molar-refractivity contribution in [2.45, 2.75) is 32.8 Å². The van der Waals surface area contributed by atoms with Gasteiger partial charge in [0.05, 0.1) is 18.2 Å². The van der Waals surface area contributed by atoms with Crippen LogP contribution in [0.4, 0.5) is 10.5 Å². The third-order valence-electron chi connectivity index (χ3n) is 3.62. The summed E-state index contributed by atoms with van der Waals surface area (Å²) in [6, 6.07) is 6.85. The molecule has 0 saturated carbocycles. The smallest absolute Gasteiger partial charge is 0.422 e. The van der Waals surface area contributed by atoms with Crippen LogP contribution in [0.15, 0.2) is 47.3 Å². The fraction of sp³-hybridized carbons (Fsp3) is 0.263. The number of furan rings is 1. The van der Waals surface area contributed by atoms with Crippen molar-refractivity contribution in [3.63, 3.8) is 0 Å². The van der Waals surface area contributed by atoms with Gasteiger partial charge in [0, 0.05) is 16.2 Å². The van der Waals surface area contributed by atoms with E-state index in [0.717, 1.165) is 10.5 Å². The molecule has 3 rings (SSSR count). The summed E-state index contributed by atoms with van der Waals surface area (Å²) >= 11 is 6.06. The minimum atomic E-state index is -0.715. The van der Waals surface area contributed by atoms with E-state index in [1.807, 2.05) is 6.07 Å². The van der Waals surface area contributed by atoms with E-state index in [0.29, 0.717) is 28.3 Å². The number of nitrogens with zero attached hydrogens (tertiary/aromatic N) is 1. The van der Waals surface area contributed by atoms with Gasteiger partial charge >= 0.3 is 6.09 Å². The summed E-state index contributed by atoms with van der Waals surface area (Å²) in [7, 11) is 0. The maximum atomic E-state index is 12.9. The number of fused-ring (bicyclic) bond motifs is 1. The summed E-state index contributed by atoms with van der Waals surface area (Å²) in [5.41, 5.74) is 1.76. The average molecular weight is 360 g/mol. The van der Waals surface area contributed by atoms with Crippen LogP contribution in [-0.2, 0) is 16.0 Å². The molecule has 0 saturated heterocycles. The second kappa shape index (κ2) is 6.41. The van der Waals surface area contributed by atoms with Gasteiger partial charge in [0.15, 0.2) is 0 Å². The van der Waals surface area contributed by atoms with E-state index in [1.165, 1.54) is 0 Å². The van der Waals surface area contributed by atoms with Gasteiger partial charge in [-0.3, -0.25) is 4.79 Å². The van der Waals surface area contributed by atoms with E-state index in [2.05, 4.69) is 0 Å². The lowest BCUT2D eigenvalue weighted by Crippen LogP contribution is -2.38. The molecule has 130 valence electrons. The van der Waals surface area contributed by atoms with Gasteiger partial charge in [0.1, 0.15) is 5.60 Å². The molecule has 25 heavy (non-hydrogen) atoms. The van der Waals surface area contributed by atoms with Crippen LogP contribution in [-0.4, -0.2) is 17.6 Å². The molecule has 0 unspecified atom stereocenters. The topological polar surface area (TPSA) is 59.8 Å². The molecule has 6 heteroatoms. The van der Waals surface area contributed by atoms with Crippen LogP contribution in [0.5, 0.6) is 0 Å². The number of hydrogen-bond acceptors (Lipinski definition) is 4. The number of hydrogen-bond donors (Lipinski definition) is 0. The lowest BCUT2D eigenvalue weighted by Gasteiger charge is -2.23. The molecule has 0 radical (unpaired) electrons. The Labute approximate surface area is 150 Å². The van der Waals surface area contributed by atoms with Gasteiger partial charge in [-0.1, -0.05) is 23.7 Å². The van der Waals surface area contributed by atoms with Gasteiger partial charge in [-0.05, 0) is 51.0 Å². The van der Waals surface area contributed by atoms with Crippen molar-refractivity contribution in [3.8, 4) is 0 Å². The monoisotopic (exact) mass is 359 g/mol. The minimum absolute atomic E-state index is 0.421. The van der Waals surface area contributed by atoms with E-state index in [1.54, 1.807) is 57.6 Å². The molecular weight excluding hydrogens is 342 g/mol. The molecule has 0 spiro atoms. The van der Waals surface area contributed by atoms with Gasteiger partial charge in [-0.25, -0.2) is 9.69 Å². The van der Waals surface area contributed by atoms with Crippen molar-refractivity contribution < 1.29 is 18.7 Å². The second-order valence-corrected chi connectivity index (χ2v) is 7.17. The van der Waals surface area contributed by atoms with Crippen molar-refractivity contribution in [1.29, 1.82) is 0 Å². The van der Waals surface area contributed by atoms with Gasteiger partial charge < -0.3 is 9.15 Å². The van der Waals surface area contributed by atoms with Crippen LogP contribution in [0.2, 0.25) is 5.02 Å². The molecule has 0 aliphatic carbocycles. The summed E-state index contributed by atoms with van der Waals surface area (Å²) in [5.74, 6) is -0.421. The van der Waals surface area contributed by atoms with Crippen LogP contribution < -0.4 is 4.90 Å². The molecule has 2 heterocycles. The van der Waals surface area contributed by atoms with Crippen LogP contribution in [0, 0.1) is 0 Å². The SMILES string of the molecule is CC(C)(C)OC(=O)N1C(=O)/C(=C/Cc2ccoc2)c2ccc(Cl)cc21. The normalized spacial score (nSPS) is 15.6. The van der Waals surface area contributed by atoms with Crippen molar-refractivity contribution in [2.75, 3.05) is 4.90 Å². The molecule has 2 aromatic rings. The summed E-state index contributed by atoms with van der Waals surface area (Å²) in [6.45, 7) is 5.25. The third-order valence-corrected chi connectivity index (χ3v) is 3.86. The highest BCUT2D eigenvalue weighted by Crippen LogP contribution is 2.39. The Morgan fingerprint density at radius 1 is 1.32 bits per heavy atom. The minimum Gasteiger partial charge on any atom is -0.472 e. The first-order valence-electron chi connectivity index (χ1n) is 7.85. The summed E-state index contributed by atoms with van der Waals surface area (Å²) in [5, 5.41) is 0.441. The molecule has 0 fully saturated rings. The predicted molar refractivity (Wildman–Crippen MR) is 95.6 cm³/mol. The van der Waals surface area contributed by atoms with Gasteiger partial charge in [-0.2, -0.15) is 0 Å². The number of halogens is 1. The van der Waals surface area contributed by atoms with Crippen molar-refractivity contribution >= 4 is 34.9 Å². The first-order chi connectivity index (χ1) is 11.8. The highest BCUT2D eigenvalue weighted by atomic mass is 35.5. The Bertz CT molecular complexity index is 847. The second-order valence-electron chi connectivity index (χ2n) is 6.74. The van der Waals surface area contributed by atoms with E-state index in [4.69, 9.17) is 20.8 Å². The lowest BCUT2D eigenvalue weighted by molar-refractivity contribution is -0.112. The number of anilines is 1. The predicted octanol–water partition coefficient (Wildman–Crippen LogP) is 4.84. The number of carbonyl (C=O) groups excluding carboxylic acids is 2. The summed E-state index contributed by atoms with van der Waals surface area (Å²) < 4.78 is 10.4. The fourth-order valence-corrected chi connectivity index (χ4v) is 2.74. The Morgan fingerprint density at radius 2 is 2.08 bits per heavy atom. The Kier molecular flexibility index (Phi) is 4.43. The van der Waals surface area contributed by atoms with Crippen LogP contribution >= 0.6 is 11.6 Å². The van der Waals surface area contributed by atoms with Gasteiger partial charge in [0.2, 0.25) is 0 Å². The zero-order valence-corrected chi connectivity index (χ0v) is 15.0. The quantitative estimate of drug-likeness (QED) is 0.720. The lowest BCUT2D eigenvalue weighted by atomic mass is 10.0.